The zero-order chi connectivity index (χ0) is 23.9. The lowest BCUT2D eigenvalue weighted by Crippen LogP contribution is -2.25. The van der Waals surface area contributed by atoms with Gasteiger partial charge in [0.15, 0.2) is 10.9 Å². The lowest BCUT2D eigenvalue weighted by molar-refractivity contribution is -0.118. The number of furan rings is 1. The molecule has 1 N–H and O–H groups in total. The Balaban J connectivity index is 1.20. The summed E-state index contributed by atoms with van der Waals surface area (Å²) in [5.74, 6) is 2.03. The van der Waals surface area contributed by atoms with Crippen molar-refractivity contribution in [1.29, 1.82) is 0 Å². The Morgan fingerprint density at radius 1 is 1.09 bits per heavy atom. The van der Waals surface area contributed by atoms with Crippen molar-refractivity contribution in [2.24, 2.45) is 0 Å². The van der Waals surface area contributed by atoms with Gasteiger partial charge >= 0.3 is 0 Å². The number of hydrogen-bond acceptors (Lipinski definition) is 7. The maximum Gasteiger partial charge on any atom is 0.230 e. The smallest absolute Gasteiger partial charge is 0.230 e. The highest BCUT2D eigenvalue weighted by molar-refractivity contribution is 7.99. The van der Waals surface area contributed by atoms with E-state index in [4.69, 9.17) is 9.15 Å². The van der Waals surface area contributed by atoms with Crippen LogP contribution in [0.1, 0.15) is 36.8 Å². The number of rotatable bonds is 10. The molecule has 0 saturated heterocycles. The molecule has 0 aliphatic heterocycles. The van der Waals surface area contributed by atoms with E-state index in [1.54, 1.807) is 12.5 Å². The molecule has 3 aromatic heterocycles. The van der Waals surface area contributed by atoms with Crippen LogP contribution in [0.3, 0.4) is 0 Å². The molecule has 1 saturated carbocycles. The largest absolute Gasteiger partial charge is 0.474 e. The van der Waals surface area contributed by atoms with Crippen LogP contribution < -0.4 is 10.1 Å². The van der Waals surface area contributed by atoms with E-state index in [1.807, 2.05) is 59.2 Å². The number of amides is 1. The van der Waals surface area contributed by atoms with Gasteiger partial charge in [-0.3, -0.25) is 9.36 Å². The Kier molecular flexibility index (Phi) is 7.43. The predicted octanol–water partition coefficient (Wildman–Crippen LogP) is 4.71. The molecule has 3 heterocycles. The van der Waals surface area contributed by atoms with E-state index >= 15 is 0 Å². The molecule has 1 amide bonds. The third-order valence-corrected chi connectivity index (χ3v) is 6.82. The Labute approximate surface area is 208 Å². The Hall–Kier alpha value is -3.59. The van der Waals surface area contributed by atoms with Gasteiger partial charge in [0.05, 0.1) is 18.6 Å². The van der Waals surface area contributed by atoms with Gasteiger partial charge in [-0.05, 0) is 55.0 Å². The van der Waals surface area contributed by atoms with Gasteiger partial charge < -0.3 is 14.5 Å². The summed E-state index contributed by atoms with van der Waals surface area (Å²) in [6.45, 7) is 0.992. The standard InChI is InChI=1S/C26H27N5O3S/c32-23(28-16-20-12-13-27-24(15-20)34-21-9-4-5-10-21)18-35-26-30-29-25(22-11-6-14-33-22)31(26)17-19-7-2-1-3-8-19/h1-3,6-8,11-15,21H,4-5,9-10,16-18H2,(H,28,32). The predicted molar refractivity (Wildman–Crippen MR) is 133 cm³/mol. The highest BCUT2D eigenvalue weighted by atomic mass is 32.2. The van der Waals surface area contributed by atoms with E-state index in [2.05, 4.69) is 20.5 Å². The van der Waals surface area contributed by atoms with Gasteiger partial charge in [-0.15, -0.1) is 10.2 Å². The Morgan fingerprint density at radius 3 is 2.74 bits per heavy atom. The van der Waals surface area contributed by atoms with E-state index in [9.17, 15) is 4.79 Å². The van der Waals surface area contributed by atoms with Gasteiger partial charge in [0.1, 0.15) is 6.10 Å². The molecule has 8 nitrogen and oxygen atoms in total. The van der Waals surface area contributed by atoms with Crippen molar-refractivity contribution in [3.63, 3.8) is 0 Å². The summed E-state index contributed by atoms with van der Waals surface area (Å²) >= 11 is 1.35. The van der Waals surface area contributed by atoms with E-state index < -0.39 is 0 Å². The number of thioether (sulfide) groups is 1. The van der Waals surface area contributed by atoms with E-state index in [0.717, 1.165) is 24.0 Å². The van der Waals surface area contributed by atoms with Gasteiger partial charge in [-0.1, -0.05) is 42.1 Å². The summed E-state index contributed by atoms with van der Waals surface area (Å²) in [4.78, 5) is 16.9. The lowest BCUT2D eigenvalue weighted by atomic mass is 10.2. The van der Waals surface area contributed by atoms with Gasteiger partial charge in [0, 0.05) is 18.8 Å². The molecule has 35 heavy (non-hydrogen) atoms. The second-order valence-corrected chi connectivity index (χ2v) is 9.39. The van der Waals surface area contributed by atoms with Crippen molar-refractivity contribution < 1.29 is 13.9 Å². The molecular formula is C26H27N5O3S. The van der Waals surface area contributed by atoms with Crippen LogP contribution >= 0.6 is 11.8 Å². The quantitative estimate of drug-likeness (QED) is 0.322. The second kappa shape index (κ2) is 11.2. The average Bonchev–Trinajstić information content (AvgIpc) is 3.65. The molecule has 4 aromatic rings. The molecule has 1 aliphatic carbocycles. The zero-order valence-electron chi connectivity index (χ0n) is 19.3. The van der Waals surface area contributed by atoms with Crippen molar-refractivity contribution in [2.45, 2.75) is 50.0 Å². The van der Waals surface area contributed by atoms with Gasteiger partial charge in [-0.25, -0.2) is 4.98 Å². The van der Waals surface area contributed by atoms with Crippen LogP contribution in [0.2, 0.25) is 0 Å². The van der Waals surface area contributed by atoms with Crippen LogP contribution in [-0.4, -0.2) is 37.5 Å². The van der Waals surface area contributed by atoms with Crippen LogP contribution in [0.5, 0.6) is 5.88 Å². The number of carbonyl (C=O) groups excluding carboxylic acids is 1. The summed E-state index contributed by atoms with van der Waals surface area (Å²) in [6.07, 6.45) is 8.17. The minimum atomic E-state index is -0.0844. The fraction of sp³-hybridized carbons (Fsp3) is 0.308. The molecule has 0 atom stereocenters. The van der Waals surface area contributed by atoms with Crippen molar-refractivity contribution in [2.75, 3.05) is 5.75 Å². The Morgan fingerprint density at radius 2 is 1.94 bits per heavy atom. The van der Waals surface area contributed by atoms with Gasteiger partial charge in [-0.2, -0.15) is 0 Å². The summed E-state index contributed by atoms with van der Waals surface area (Å²) in [5, 5.41) is 12.3. The highest BCUT2D eigenvalue weighted by Crippen LogP contribution is 2.26. The number of nitrogens with one attached hydrogen (secondary N) is 1. The fourth-order valence-corrected chi connectivity index (χ4v) is 4.84. The summed E-state index contributed by atoms with van der Waals surface area (Å²) in [6, 6.07) is 17.5. The molecule has 0 spiro atoms. The number of hydrogen-bond donors (Lipinski definition) is 1. The number of benzene rings is 1. The summed E-state index contributed by atoms with van der Waals surface area (Å²) in [5.41, 5.74) is 2.07. The van der Waals surface area contributed by atoms with Gasteiger partial charge in [0.2, 0.25) is 17.6 Å². The van der Waals surface area contributed by atoms with E-state index in [-0.39, 0.29) is 17.8 Å². The molecule has 0 bridgehead atoms. The minimum absolute atomic E-state index is 0.0844. The normalized spacial score (nSPS) is 13.7. The topological polar surface area (TPSA) is 95.1 Å². The van der Waals surface area contributed by atoms with Crippen LogP contribution in [0.4, 0.5) is 0 Å². The SMILES string of the molecule is O=C(CSc1nnc(-c2ccco2)n1Cc1ccccc1)NCc1ccnc(OC2CCCC2)c1. The van der Waals surface area contributed by atoms with Crippen LogP contribution in [0.15, 0.2) is 76.6 Å². The molecular weight excluding hydrogens is 462 g/mol. The van der Waals surface area contributed by atoms with Crippen molar-refractivity contribution >= 4 is 17.7 Å². The molecule has 5 rings (SSSR count). The first-order chi connectivity index (χ1) is 17.2. The third-order valence-electron chi connectivity index (χ3n) is 5.85. The van der Waals surface area contributed by atoms with Crippen LogP contribution in [-0.2, 0) is 17.9 Å². The number of carbonyl (C=O) groups is 1. The van der Waals surface area contributed by atoms with Crippen LogP contribution in [0, 0.1) is 0 Å². The first kappa shape index (κ1) is 23.2. The summed E-state index contributed by atoms with van der Waals surface area (Å²) in [7, 11) is 0. The van der Waals surface area contributed by atoms with E-state index in [0.29, 0.717) is 35.7 Å². The molecule has 0 radical (unpaired) electrons. The van der Waals surface area contributed by atoms with Crippen molar-refractivity contribution in [3.05, 3.63) is 78.2 Å². The third kappa shape index (κ3) is 6.10. The Bertz CT molecular complexity index is 1240. The second-order valence-electron chi connectivity index (χ2n) is 8.45. The number of ether oxygens (including phenoxy) is 1. The molecule has 180 valence electrons. The molecule has 1 aliphatic rings. The molecule has 1 fully saturated rings. The summed E-state index contributed by atoms with van der Waals surface area (Å²) < 4.78 is 13.5. The first-order valence-corrected chi connectivity index (χ1v) is 12.8. The number of pyridine rings is 1. The number of aromatic nitrogens is 4. The van der Waals surface area contributed by atoms with Crippen molar-refractivity contribution in [1.82, 2.24) is 25.1 Å². The molecule has 0 unspecified atom stereocenters. The van der Waals surface area contributed by atoms with Gasteiger partial charge in [0.25, 0.3) is 0 Å². The average molecular weight is 490 g/mol. The van der Waals surface area contributed by atoms with Crippen LogP contribution in [0.25, 0.3) is 11.6 Å². The maximum absolute atomic E-state index is 12.6. The monoisotopic (exact) mass is 489 g/mol. The fourth-order valence-electron chi connectivity index (χ4n) is 4.08. The molecule has 1 aromatic carbocycles. The number of nitrogens with zero attached hydrogens (tertiary/aromatic N) is 4. The van der Waals surface area contributed by atoms with Crippen molar-refractivity contribution in [3.8, 4) is 17.5 Å². The highest BCUT2D eigenvalue weighted by Gasteiger charge is 2.19. The minimum Gasteiger partial charge on any atom is -0.474 e. The molecule has 9 heteroatoms. The van der Waals surface area contributed by atoms with E-state index in [1.165, 1.54) is 24.6 Å². The zero-order valence-corrected chi connectivity index (χ0v) is 20.1. The lowest BCUT2D eigenvalue weighted by Gasteiger charge is -2.13. The maximum atomic E-state index is 12.6. The first-order valence-electron chi connectivity index (χ1n) is 11.8.